The molecule has 1 N–H and O–H groups in total. The smallest absolute Gasteiger partial charge is 0.275 e. The fourth-order valence-electron chi connectivity index (χ4n) is 2.66. The first-order valence-electron chi connectivity index (χ1n) is 7.45. The summed E-state index contributed by atoms with van der Waals surface area (Å²) in [4.78, 5) is 16.8. The monoisotopic (exact) mass is 334 g/mol. The number of aromatic nitrogens is 3. The first-order chi connectivity index (χ1) is 11.7. The predicted octanol–water partition coefficient (Wildman–Crippen LogP) is 3.95. The number of nitrogens with one attached hydrogen (secondary N) is 1. The molecule has 0 bridgehead atoms. The number of carbonyl (C=O) groups excluding carboxylic acids is 1. The molecule has 0 unspecified atom stereocenters. The fourth-order valence-corrected chi connectivity index (χ4v) is 3.37. The van der Waals surface area contributed by atoms with E-state index in [-0.39, 0.29) is 5.91 Å². The second kappa shape index (κ2) is 5.90. The average molecular weight is 334 g/mol. The van der Waals surface area contributed by atoms with Gasteiger partial charge in [0.1, 0.15) is 5.69 Å². The minimum atomic E-state index is -0.214. The normalized spacial score (nSPS) is 10.9. The zero-order chi connectivity index (χ0) is 16.5. The Bertz CT molecular complexity index is 1030. The number of amides is 1. The van der Waals surface area contributed by atoms with Crippen LogP contribution in [0.5, 0.6) is 0 Å². The third-order valence-electron chi connectivity index (χ3n) is 3.84. The van der Waals surface area contributed by atoms with Gasteiger partial charge < -0.3 is 0 Å². The Morgan fingerprint density at radius 3 is 2.79 bits per heavy atom. The average Bonchev–Trinajstić information content (AvgIpc) is 3.23. The van der Waals surface area contributed by atoms with Crippen LogP contribution < -0.4 is 5.32 Å². The first kappa shape index (κ1) is 14.6. The molecule has 0 spiro atoms. The van der Waals surface area contributed by atoms with E-state index in [9.17, 15) is 4.79 Å². The van der Waals surface area contributed by atoms with Gasteiger partial charge in [0.05, 0.1) is 5.69 Å². The third-order valence-corrected chi connectivity index (χ3v) is 4.60. The van der Waals surface area contributed by atoms with Gasteiger partial charge >= 0.3 is 0 Å². The quantitative estimate of drug-likeness (QED) is 0.617. The van der Waals surface area contributed by atoms with E-state index in [2.05, 4.69) is 33.6 Å². The summed E-state index contributed by atoms with van der Waals surface area (Å²) in [6.07, 6.45) is 1.60. The van der Waals surface area contributed by atoms with Crippen LogP contribution in [0.2, 0.25) is 0 Å². The lowest BCUT2D eigenvalue weighted by Gasteiger charge is -2.04. The summed E-state index contributed by atoms with van der Waals surface area (Å²) in [7, 11) is 1.73. The summed E-state index contributed by atoms with van der Waals surface area (Å²) in [6.45, 7) is 0. The number of hydrogen-bond donors (Lipinski definition) is 1. The van der Waals surface area contributed by atoms with Gasteiger partial charge in [0, 0.05) is 24.2 Å². The number of rotatable bonds is 3. The van der Waals surface area contributed by atoms with Crippen molar-refractivity contribution < 1.29 is 4.79 Å². The second-order valence-corrected chi connectivity index (χ2v) is 6.22. The molecule has 0 saturated heterocycles. The standard InChI is InChI=1S/C18H14N4OS/c1-22-16(9-10-19-22)17(23)21-18-20-15(11-24-18)14-8-4-6-12-5-2-3-7-13(12)14/h2-11H,1H3,(H,20,21,23). The molecule has 0 aliphatic carbocycles. The fraction of sp³-hybridized carbons (Fsp3) is 0.0556. The molecule has 2 heterocycles. The molecule has 0 saturated carbocycles. The maximum atomic E-state index is 12.2. The Kier molecular flexibility index (Phi) is 3.59. The summed E-state index contributed by atoms with van der Waals surface area (Å²) < 4.78 is 1.54. The predicted molar refractivity (Wildman–Crippen MR) is 96.2 cm³/mol. The molecule has 0 aliphatic rings. The number of hydrogen-bond acceptors (Lipinski definition) is 4. The summed E-state index contributed by atoms with van der Waals surface area (Å²) in [5, 5.41) is 11.7. The molecule has 1 amide bonds. The Balaban J connectivity index is 1.65. The molecular weight excluding hydrogens is 320 g/mol. The van der Waals surface area contributed by atoms with Gasteiger partial charge in [0.2, 0.25) is 0 Å². The molecule has 0 fully saturated rings. The molecular formula is C18H14N4OS. The van der Waals surface area contributed by atoms with Crippen molar-refractivity contribution in [3.05, 3.63) is 65.8 Å². The number of anilines is 1. The Morgan fingerprint density at radius 2 is 1.96 bits per heavy atom. The number of benzene rings is 2. The van der Waals surface area contributed by atoms with E-state index >= 15 is 0 Å². The van der Waals surface area contributed by atoms with Crippen molar-refractivity contribution in [2.24, 2.45) is 7.05 Å². The molecule has 24 heavy (non-hydrogen) atoms. The molecule has 4 aromatic rings. The van der Waals surface area contributed by atoms with Crippen LogP contribution >= 0.6 is 11.3 Å². The van der Waals surface area contributed by atoms with Crippen molar-refractivity contribution in [2.75, 3.05) is 5.32 Å². The highest BCUT2D eigenvalue weighted by molar-refractivity contribution is 7.14. The van der Waals surface area contributed by atoms with Crippen LogP contribution in [0.15, 0.2) is 60.1 Å². The van der Waals surface area contributed by atoms with Crippen molar-refractivity contribution >= 4 is 33.1 Å². The van der Waals surface area contributed by atoms with E-state index < -0.39 is 0 Å². The highest BCUT2D eigenvalue weighted by Crippen LogP contribution is 2.31. The molecule has 0 radical (unpaired) electrons. The van der Waals surface area contributed by atoms with Gasteiger partial charge in [-0.3, -0.25) is 14.8 Å². The topological polar surface area (TPSA) is 59.8 Å². The van der Waals surface area contributed by atoms with Gasteiger partial charge in [-0.05, 0) is 16.8 Å². The van der Waals surface area contributed by atoms with Crippen molar-refractivity contribution in [3.8, 4) is 11.3 Å². The van der Waals surface area contributed by atoms with E-state index in [1.165, 1.54) is 21.4 Å². The maximum absolute atomic E-state index is 12.2. The van der Waals surface area contributed by atoms with Gasteiger partial charge in [-0.25, -0.2) is 4.98 Å². The van der Waals surface area contributed by atoms with Gasteiger partial charge in [-0.2, -0.15) is 5.10 Å². The summed E-state index contributed by atoms with van der Waals surface area (Å²) in [6, 6.07) is 16.0. The molecule has 0 atom stereocenters. The zero-order valence-corrected chi connectivity index (χ0v) is 13.7. The van der Waals surface area contributed by atoms with Crippen LogP contribution in [-0.4, -0.2) is 20.7 Å². The Morgan fingerprint density at radius 1 is 1.12 bits per heavy atom. The highest BCUT2D eigenvalue weighted by atomic mass is 32.1. The number of aryl methyl sites for hydroxylation is 1. The molecule has 2 aromatic carbocycles. The van der Waals surface area contributed by atoms with E-state index in [0.717, 1.165) is 16.6 Å². The molecule has 0 aliphatic heterocycles. The molecule has 5 nitrogen and oxygen atoms in total. The largest absolute Gasteiger partial charge is 0.296 e. The Labute approximate surface area is 142 Å². The van der Waals surface area contributed by atoms with E-state index in [4.69, 9.17) is 0 Å². The van der Waals surface area contributed by atoms with E-state index in [1.807, 2.05) is 29.6 Å². The zero-order valence-electron chi connectivity index (χ0n) is 12.9. The lowest BCUT2D eigenvalue weighted by molar-refractivity contribution is 0.101. The van der Waals surface area contributed by atoms with Gasteiger partial charge in [-0.15, -0.1) is 11.3 Å². The molecule has 2 aromatic heterocycles. The van der Waals surface area contributed by atoms with E-state index in [0.29, 0.717) is 10.8 Å². The SMILES string of the molecule is Cn1nccc1C(=O)Nc1nc(-c2cccc3ccccc23)cs1. The van der Waals surface area contributed by atoms with Crippen LogP contribution in [0.3, 0.4) is 0 Å². The van der Waals surface area contributed by atoms with Crippen LogP contribution in [0.4, 0.5) is 5.13 Å². The van der Waals surface area contributed by atoms with Crippen LogP contribution in [0, 0.1) is 0 Å². The lowest BCUT2D eigenvalue weighted by Crippen LogP contribution is -2.15. The minimum absolute atomic E-state index is 0.214. The van der Waals surface area contributed by atoms with Crippen molar-refractivity contribution in [3.63, 3.8) is 0 Å². The van der Waals surface area contributed by atoms with Crippen LogP contribution in [0.1, 0.15) is 10.5 Å². The highest BCUT2D eigenvalue weighted by Gasteiger charge is 2.13. The Hall–Kier alpha value is -2.99. The van der Waals surface area contributed by atoms with Gasteiger partial charge in [0.25, 0.3) is 5.91 Å². The number of carbonyl (C=O) groups is 1. The lowest BCUT2D eigenvalue weighted by atomic mass is 10.0. The van der Waals surface area contributed by atoms with Crippen molar-refractivity contribution in [1.29, 1.82) is 0 Å². The first-order valence-corrected chi connectivity index (χ1v) is 8.33. The molecule has 118 valence electrons. The number of fused-ring (bicyclic) bond motifs is 1. The number of nitrogens with zero attached hydrogens (tertiary/aromatic N) is 3. The molecule has 4 rings (SSSR count). The summed E-state index contributed by atoms with van der Waals surface area (Å²) >= 11 is 1.41. The number of thiazole rings is 1. The third kappa shape index (κ3) is 2.57. The maximum Gasteiger partial charge on any atom is 0.275 e. The summed E-state index contributed by atoms with van der Waals surface area (Å²) in [5.41, 5.74) is 2.42. The summed E-state index contributed by atoms with van der Waals surface area (Å²) in [5.74, 6) is -0.214. The van der Waals surface area contributed by atoms with Gasteiger partial charge in [0.15, 0.2) is 5.13 Å². The minimum Gasteiger partial charge on any atom is -0.296 e. The molecule has 6 heteroatoms. The second-order valence-electron chi connectivity index (χ2n) is 5.36. The van der Waals surface area contributed by atoms with Crippen molar-refractivity contribution in [2.45, 2.75) is 0 Å². The van der Waals surface area contributed by atoms with Crippen molar-refractivity contribution in [1.82, 2.24) is 14.8 Å². The van der Waals surface area contributed by atoms with E-state index in [1.54, 1.807) is 19.3 Å². The van der Waals surface area contributed by atoms with Crippen LogP contribution in [0.25, 0.3) is 22.0 Å². The van der Waals surface area contributed by atoms with Gasteiger partial charge in [-0.1, -0.05) is 42.5 Å². The van der Waals surface area contributed by atoms with Crippen LogP contribution in [-0.2, 0) is 7.05 Å².